The van der Waals surface area contributed by atoms with Crippen LogP contribution in [0.5, 0.6) is 0 Å². The van der Waals surface area contributed by atoms with Gasteiger partial charge in [-0.1, -0.05) is 39.0 Å². The van der Waals surface area contributed by atoms with E-state index in [1.807, 2.05) is 13.8 Å². The molecule has 1 aromatic rings. The minimum atomic E-state index is -3.37. The molecule has 1 aromatic heterocycles. The van der Waals surface area contributed by atoms with E-state index in [9.17, 15) is 13.2 Å². The van der Waals surface area contributed by atoms with Gasteiger partial charge in [0.1, 0.15) is 10.8 Å². The molecule has 0 atom stereocenters. The number of nitrogens with one attached hydrogen (secondary N) is 1. The monoisotopic (exact) mass is 305 g/mol. The smallest absolute Gasteiger partial charge is 0.241 e. The van der Waals surface area contributed by atoms with Crippen molar-refractivity contribution in [3.8, 4) is 0 Å². The van der Waals surface area contributed by atoms with Crippen LogP contribution in [0, 0.1) is 5.92 Å². The summed E-state index contributed by atoms with van der Waals surface area (Å²) >= 11 is 1.26. The number of aromatic nitrogens is 2. The summed E-state index contributed by atoms with van der Waals surface area (Å²) < 4.78 is 23.3. The Morgan fingerprint density at radius 3 is 2.37 bits per heavy atom. The van der Waals surface area contributed by atoms with Gasteiger partial charge in [-0.2, -0.15) is 0 Å². The molecule has 1 heterocycles. The summed E-state index contributed by atoms with van der Waals surface area (Å²) in [7, 11) is -3.37. The minimum absolute atomic E-state index is 0.00636. The molecule has 1 rings (SSSR count). The van der Waals surface area contributed by atoms with Crippen molar-refractivity contribution < 1.29 is 13.2 Å². The van der Waals surface area contributed by atoms with Crippen LogP contribution in [0.25, 0.3) is 0 Å². The molecule has 0 aliphatic rings. The van der Waals surface area contributed by atoms with E-state index in [1.165, 1.54) is 11.3 Å². The fourth-order valence-electron chi connectivity index (χ4n) is 1.44. The summed E-state index contributed by atoms with van der Waals surface area (Å²) in [4.78, 5) is 11.6. The molecule has 0 saturated heterocycles. The van der Waals surface area contributed by atoms with Crippen LogP contribution in [0.2, 0.25) is 0 Å². The van der Waals surface area contributed by atoms with Gasteiger partial charge in [0, 0.05) is 5.92 Å². The van der Waals surface area contributed by atoms with Crippen LogP contribution < -0.4 is 5.32 Å². The van der Waals surface area contributed by atoms with Crippen molar-refractivity contribution in [2.75, 3.05) is 16.8 Å². The van der Waals surface area contributed by atoms with Crippen molar-refractivity contribution in [2.45, 2.75) is 33.6 Å². The van der Waals surface area contributed by atoms with Crippen molar-refractivity contribution in [1.82, 2.24) is 10.2 Å². The zero-order valence-corrected chi connectivity index (χ0v) is 13.1. The normalized spacial score (nSPS) is 12.1. The van der Waals surface area contributed by atoms with Gasteiger partial charge < -0.3 is 0 Å². The number of amides is 1. The molecule has 0 fully saturated rings. The summed E-state index contributed by atoms with van der Waals surface area (Å²) in [5.41, 5.74) is 0. The molecule has 19 heavy (non-hydrogen) atoms. The van der Waals surface area contributed by atoms with E-state index in [0.717, 1.165) is 5.01 Å². The van der Waals surface area contributed by atoms with E-state index in [4.69, 9.17) is 0 Å². The second kappa shape index (κ2) is 6.42. The van der Waals surface area contributed by atoms with E-state index in [-0.39, 0.29) is 17.6 Å². The molecule has 8 heteroatoms. The van der Waals surface area contributed by atoms with E-state index in [2.05, 4.69) is 15.5 Å². The van der Waals surface area contributed by atoms with Crippen LogP contribution in [0.1, 0.15) is 38.6 Å². The van der Waals surface area contributed by atoms with E-state index >= 15 is 0 Å². The summed E-state index contributed by atoms with van der Waals surface area (Å²) in [5.74, 6) is -0.831. The molecular formula is C11H19N3O3S2. The van der Waals surface area contributed by atoms with Crippen molar-refractivity contribution >= 4 is 32.2 Å². The zero-order valence-electron chi connectivity index (χ0n) is 11.5. The Morgan fingerprint density at radius 1 is 1.26 bits per heavy atom. The second-order valence-electron chi connectivity index (χ2n) is 5.10. The summed E-state index contributed by atoms with van der Waals surface area (Å²) in [5, 5.41) is 11.3. The summed E-state index contributed by atoms with van der Waals surface area (Å²) in [6, 6.07) is 0. The number of carbonyl (C=O) groups is 1. The van der Waals surface area contributed by atoms with E-state index in [1.54, 1.807) is 13.8 Å². The standard InChI is InChI=1S/C11H19N3O3S2/c1-7(2)5-19(16,17)6-9(15)12-11-14-13-10(18-11)8(3)4/h7-8H,5-6H2,1-4H3,(H,12,14,15). The fraction of sp³-hybridized carbons (Fsp3) is 0.727. The molecule has 108 valence electrons. The van der Waals surface area contributed by atoms with Crippen LogP contribution in [-0.2, 0) is 14.6 Å². The lowest BCUT2D eigenvalue weighted by Crippen LogP contribution is -2.26. The molecule has 1 N–H and O–H groups in total. The number of carbonyl (C=O) groups excluding carboxylic acids is 1. The van der Waals surface area contributed by atoms with E-state index < -0.39 is 21.5 Å². The molecule has 0 aliphatic heterocycles. The molecule has 6 nitrogen and oxygen atoms in total. The van der Waals surface area contributed by atoms with E-state index in [0.29, 0.717) is 5.13 Å². The number of rotatable bonds is 6. The highest BCUT2D eigenvalue weighted by Gasteiger charge is 2.19. The van der Waals surface area contributed by atoms with Gasteiger partial charge in [-0.3, -0.25) is 10.1 Å². The lowest BCUT2D eigenvalue weighted by atomic mass is 10.2. The zero-order chi connectivity index (χ0) is 14.6. The summed E-state index contributed by atoms with van der Waals surface area (Å²) in [6.07, 6.45) is 0. The first-order chi connectivity index (χ1) is 8.69. The molecule has 0 saturated carbocycles. The molecule has 0 radical (unpaired) electrons. The predicted octanol–water partition coefficient (Wildman–Crippen LogP) is 1.67. The highest BCUT2D eigenvalue weighted by Crippen LogP contribution is 2.22. The third-order valence-corrected chi connectivity index (χ3v) is 5.13. The Kier molecular flexibility index (Phi) is 5.42. The van der Waals surface area contributed by atoms with Gasteiger partial charge in [-0.05, 0) is 5.92 Å². The molecule has 0 unspecified atom stereocenters. The Balaban J connectivity index is 2.60. The van der Waals surface area contributed by atoms with Gasteiger partial charge in [0.2, 0.25) is 11.0 Å². The third kappa shape index (κ3) is 5.65. The molecule has 0 aromatic carbocycles. The first-order valence-corrected chi connectivity index (χ1v) is 8.67. The average molecular weight is 305 g/mol. The second-order valence-corrected chi connectivity index (χ2v) is 8.21. The Morgan fingerprint density at radius 2 is 1.89 bits per heavy atom. The number of nitrogens with zero attached hydrogens (tertiary/aromatic N) is 2. The van der Waals surface area contributed by atoms with Crippen LogP contribution in [0.3, 0.4) is 0 Å². The molecular weight excluding hydrogens is 286 g/mol. The van der Waals surface area contributed by atoms with Crippen molar-refractivity contribution in [1.29, 1.82) is 0 Å². The first-order valence-electron chi connectivity index (χ1n) is 6.03. The van der Waals surface area contributed by atoms with Crippen LogP contribution >= 0.6 is 11.3 Å². The van der Waals surface area contributed by atoms with Gasteiger partial charge in [-0.25, -0.2) is 8.42 Å². The lowest BCUT2D eigenvalue weighted by molar-refractivity contribution is -0.113. The topological polar surface area (TPSA) is 89.0 Å². The van der Waals surface area contributed by atoms with Gasteiger partial charge >= 0.3 is 0 Å². The summed E-state index contributed by atoms with van der Waals surface area (Å²) in [6.45, 7) is 7.54. The van der Waals surface area contributed by atoms with Crippen LogP contribution in [-0.4, -0.2) is 36.0 Å². The fourth-order valence-corrected chi connectivity index (χ4v) is 3.81. The predicted molar refractivity (Wildman–Crippen MR) is 76.1 cm³/mol. The average Bonchev–Trinajstić information content (AvgIpc) is 2.62. The van der Waals surface area contributed by atoms with Crippen LogP contribution in [0.4, 0.5) is 5.13 Å². The highest BCUT2D eigenvalue weighted by atomic mass is 32.2. The third-order valence-electron chi connectivity index (χ3n) is 2.12. The SMILES string of the molecule is CC(C)CS(=O)(=O)CC(=O)Nc1nnc(C(C)C)s1. The first kappa shape index (κ1) is 16.0. The molecule has 0 spiro atoms. The van der Waals surface area contributed by atoms with Gasteiger partial charge in [0.25, 0.3) is 0 Å². The number of hydrogen-bond acceptors (Lipinski definition) is 6. The number of sulfone groups is 1. The molecule has 0 aliphatic carbocycles. The Hall–Kier alpha value is -1.02. The maximum atomic E-state index is 11.7. The van der Waals surface area contributed by atoms with Crippen molar-refractivity contribution in [3.63, 3.8) is 0 Å². The Labute approximate surface area is 117 Å². The van der Waals surface area contributed by atoms with Crippen molar-refractivity contribution in [2.24, 2.45) is 5.92 Å². The quantitative estimate of drug-likeness (QED) is 0.863. The lowest BCUT2D eigenvalue weighted by Gasteiger charge is -2.06. The number of hydrogen-bond donors (Lipinski definition) is 1. The van der Waals surface area contributed by atoms with Gasteiger partial charge in [0.15, 0.2) is 9.84 Å². The minimum Gasteiger partial charge on any atom is -0.300 e. The largest absolute Gasteiger partial charge is 0.300 e. The van der Waals surface area contributed by atoms with Crippen molar-refractivity contribution in [3.05, 3.63) is 5.01 Å². The number of anilines is 1. The van der Waals surface area contributed by atoms with Gasteiger partial charge in [-0.15, -0.1) is 10.2 Å². The maximum Gasteiger partial charge on any atom is 0.241 e. The van der Waals surface area contributed by atoms with Gasteiger partial charge in [0.05, 0.1) is 5.75 Å². The highest BCUT2D eigenvalue weighted by molar-refractivity contribution is 7.92. The van der Waals surface area contributed by atoms with Crippen LogP contribution in [0.15, 0.2) is 0 Å². The maximum absolute atomic E-state index is 11.7. The molecule has 1 amide bonds. The Bertz CT molecular complexity index is 535. The molecule has 0 bridgehead atoms.